The number of aromatic amines is 1. The number of halogens is 3. The van der Waals surface area contributed by atoms with Gasteiger partial charge in [-0.1, -0.05) is 19.1 Å². The Morgan fingerprint density at radius 2 is 1.81 bits per heavy atom. The Labute approximate surface area is 183 Å². The normalized spacial score (nSPS) is 16.2. The van der Waals surface area contributed by atoms with Gasteiger partial charge in [0, 0.05) is 48.6 Å². The first kappa shape index (κ1) is 20.5. The van der Waals surface area contributed by atoms with Gasteiger partial charge in [0.25, 0.3) is 0 Å². The number of nitrogens with two attached hydrogens (primary N) is 1. The SMILES string of the molecule is CC(N)C1(C)CN(c2c(-c3cccc(F)c3)cncc2-c2nc3c(F)cc(F)cc3[nH]2)C1. The molecule has 1 aliphatic rings. The van der Waals surface area contributed by atoms with Gasteiger partial charge in [-0.15, -0.1) is 0 Å². The zero-order valence-corrected chi connectivity index (χ0v) is 17.7. The molecule has 0 spiro atoms. The largest absolute Gasteiger partial charge is 0.369 e. The second-order valence-corrected chi connectivity index (χ2v) is 8.76. The fraction of sp³-hybridized carbons (Fsp3) is 0.250. The summed E-state index contributed by atoms with van der Waals surface area (Å²) in [6.45, 7) is 5.48. The third-order valence-corrected chi connectivity index (χ3v) is 6.33. The summed E-state index contributed by atoms with van der Waals surface area (Å²) in [7, 11) is 0. The number of fused-ring (bicyclic) bond motifs is 1. The summed E-state index contributed by atoms with van der Waals surface area (Å²) in [5.41, 5.74) is 9.21. The van der Waals surface area contributed by atoms with Gasteiger partial charge in [-0.25, -0.2) is 18.2 Å². The minimum Gasteiger partial charge on any atom is -0.369 e. The van der Waals surface area contributed by atoms with E-state index in [1.54, 1.807) is 18.5 Å². The number of pyridine rings is 1. The van der Waals surface area contributed by atoms with Crippen LogP contribution in [0, 0.1) is 22.9 Å². The van der Waals surface area contributed by atoms with Gasteiger partial charge in [-0.05, 0) is 30.7 Å². The van der Waals surface area contributed by atoms with Crippen LogP contribution in [0.15, 0.2) is 48.8 Å². The Morgan fingerprint density at radius 3 is 2.53 bits per heavy atom. The molecular weight excluding hydrogens is 415 g/mol. The van der Waals surface area contributed by atoms with Crippen LogP contribution in [-0.4, -0.2) is 34.1 Å². The zero-order valence-electron chi connectivity index (χ0n) is 17.7. The summed E-state index contributed by atoms with van der Waals surface area (Å²) in [6.07, 6.45) is 3.31. The number of nitrogens with zero attached hydrogens (tertiary/aromatic N) is 3. The summed E-state index contributed by atoms with van der Waals surface area (Å²) in [4.78, 5) is 13.9. The van der Waals surface area contributed by atoms with Gasteiger partial charge in [0.05, 0.1) is 16.8 Å². The minimum atomic E-state index is -0.744. The predicted octanol–water partition coefficient (Wildman–Crippen LogP) is 4.88. The molecule has 0 aliphatic carbocycles. The summed E-state index contributed by atoms with van der Waals surface area (Å²) >= 11 is 0. The molecule has 0 radical (unpaired) electrons. The van der Waals surface area contributed by atoms with E-state index in [0.29, 0.717) is 30.0 Å². The lowest BCUT2D eigenvalue weighted by Gasteiger charge is -2.52. The number of anilines is 1. The van der Waals surface area contributed by atoms with E-state index in [-0.39, 0.29) is 28.3 Å². The van der Waals surface area contributed by atoms with E-state index in [0.717, 1.165) is 17.3 Å². The van der Waals surface area contributed by atoms with Gasteiger partial charge < -0.3 is 15.6 Å². The van der Waals surface area contributed by atoms with Crippen LogP contribution in [0.1, 0.15) is 13.8 Å². The van der Waals surface area contributed by atoms with E-state index in [1.165, 1.54) is 18.2 Å². The van der Waals surface area contributed by atoms with Gasteiger partial charge in [0.1, 0.15) is 23.0 Å². The number of H-pyrrole nitrogens is 1. The van der Waals surface area contributed by atoms with E-state index in [9.17, 15) is 13.2 Å². The number of hydrogen-bond acceptors (Lipinski definition) is 4. The molecule has 5 rings (SSSR count). The van der Waals surface area contributed by atoms with Crippen LogP contribution in [0.3, 0.4) is 0 Å². The van der Waals surface area contributed by atoms with Crippen LogP contribution in [-0.2, 0) is 0 Å². The molecule has 4 aromatic rings. The first-order valence-corrected chi connectivity index (χ1v) is 10.3. The van der Waals surface area contributed by atoms with Gasteiger partial charge in [0.2, 0.25) is 0 Å². The number of imidazole rings is 1. The first-order valence-electron chi connectivity index (χ1n) is 10.3. The maximum Gasteiger partial charge on any atom is 0.153 e. The van der Waals surface area contributed by atoms with Crippen LogP contribution in [0.25, 0.3) is 33.5 Å². The van der Waals surface area contributed by atoms with Crippen molar-refractivity contribution in [3.63, 3.8) is 0 Å². The van der Waals surface area contributed by atoms with Crippen LogP contribution in [0.4, 0.5) is 18.9 Å². The smallest absolute Gasteiger partial charge is 0.153 e. The van der Waals surface area contributed by atoms with Crippen LogP contribution >= 0.6 is 0 Å². The Balaban J connectivity index is 1.70. The predicted molar refractivity (Wildman–Crippen MR) is 119 cm³/mol. The van der Waals surface area contributed by atoms with Crippen molar-refractivity contribution in [3.8, 4) is 22.5 Å². The molecule has 164 valence electrons. The van der Waals surface area contributed by atoms with E-state index >= 15 is 0 Å². The first-order chi connectivity index (χ1) is 15.2. The third kappa shape index (κ3) is 3.31. The fourth-order valence-corrected chi connectivity index (χ4v) is 4.28. The molecule has 2 aromatic heterocycles. The lowest BCUT2D eigenvalue weighted by atomic mass is 9.75. The standard InChI is InChI=1S/C24H22F3N5/c1-13(28)24(2)11-32(12-24)22-17(14-4-3-5-15(25)6-14)9-29-10-18(22)23-30-20-8-16(26)7-19(27)21(20)31-23/h3-10,13H,11-12,28H2,1-2H3,(H,30,31). The maximum absolute atomic E-state index is 14.3. The third-order valence-electron chi connectivity index (χ3n) is 6.33. The second kappa shape index (κ2) is 7.34. The highest BCUT2D eigenvalue weighted by Crippen LogP contribution is 2.45. The average Bonchev–Trinajstić information content (AvgIpc) is 3.15. The Kier molecular flexibility index (Phi) is 4.70. The highest BCUT2D eigenvalue weighted by molar-refractivity contribution is 5.91. The second-order valence-electron chi connectivity index (χ2n) is 8.76. The van der Waals surface area contributed by atoms with Gasteiger partial charge in [-0.3, -0.25) is 4.98 Å². The molecule has 5 nitrogen and oxygen atoms in total. The molecule has 3 N–H and O–H groups in total. The molecule has 3 heterocycles. The molecule has 1 unspecified atom stereocenters. The van der Waals surface area contributed by atoms with E-state index in [1.807, 2.05) is 13.0 Å². The Hall–Kier alpha value is -3.39. The average molecular weight is 437 g/mol. The Morgan fingerprint density at radius 1 is 1.06 bits per heavy atom. The molecule has 8 heteroatoms. The summed E-state index contributed by atoms with van der Waals surface area (Å²) in [5.74, 6) is -1.43. The minimum absolute atomic E-state index is 0.00933. The van der Waals surface area contributed by atoms with Gasteiger partial charge in [0.15, 0.2) is 5.82 Å². The monoisotopic (exact) mass is 437 g/mol. The van der Waals surface area contributed by atoms with Crippen LogP contribution < -0.4 is 10.6 Å². The molecule has 0 saturated carbocycles. The summed E-state index contributed by atoms with van der Waals surface area (Å²) in [5, 5.41) is 0. The van der Waals surface area contributed by atoms with Crippen molar-refractivity contribution < 1.29 is 13.2 Å². The zero-order chi connectivity index (χ0) is 22.6. The number of benzene rings is 2. The van der Waals surface area contributed by atoms with Crippen molar-refractivity contribution in [2.75, 3.05) is 18.0 Å². The van der Waals surface area contributed by atoms with E-state index in [4.69, 9.17) is 5.73 Å². The van der Waals surface area contributed by atoms with Crippen LogP contribution in [0.5, 0.6) is 0 Å². The van der Waals surface area contributed by atoms with Crippen molar-refractivity contribution in [2.45, 2.75) is 19.9 Å². The molecule has 1 saturated heterocycles. The lowest BCUT2D eigenvalue weighted by Crippen LogP contribution is -2.62. The fourth-order valence-electron chi connectivity index (χ4n) is 4.28. The topological polar surface area (TPSA) is 70.8 Å². The number of hydrogen-bond donors (Lipinski definition) is 2. The Bertz CT molecular complexity index is 1320. The van der Waals surface area contributed by atoms with Gasteiger partial charge >= 0.3 is 0 Å². The van der Waals surface area contributed by atoms with Crippen molar-refractivity contribution >= 4 is 16.7 Å². The van der Waals surface area contributed by atoms with Crippen molar-refractivity contribution in [1.29, 1.82) is 0 Å². The van der Waals surface area contributed by atoms with Crippen LogP contribution in [0.2, 0.25) is 0 Å². The quantitative estimate of drug-likeness (QED) is 0.477. The van der Waals surface area contributed by atoms with Crippen molar-refractivity contribution in [3.05, 3.63) is 66.2 Å². The highest BCUT2D eigenvalue weighted by atomic mass is 19.1. The lowest BCUT2D eigenvalue weighted by molar-refractivity contribution is 0.201. The molecule has 32 heavy (non-hydrogen) atoms. The van der Waals surface area contributed by atoms with E-state index < -0.39 is 11.6 Å². The molecule has 0 amide bonds. The maximum atomic E-state index is 14.3. The molecule has 1 fully saturated rings. The molecule has 1 atom stereocenters. The highest BCUT2D eigenvalue weighted by Gasteiger charge is 2.43. The van der Waals surface area contributed by atoms with E-state index in [2.05, 4.69) is 26.8 Å². The number of rotatable bonds is 4. The molecule has 2 aromatic carbocycles. The van der Waals surface area contributed by atoms with Gasteiger partial charge in [-0.2, -0.15) is 0 Å². The molecular formula is C24H22F3N5. The van der Waals surface area contributed by atoms with Crippen molar-refractivity contribution in [1.82, 2.24) is 15.0 Å². The molecule has 0 bridgehead atoms. The number of aromatic nitrogens is 3. The molecule has 1 aliphatic heterocycles. The van der Waals surface area contributed by atoms with Crippen molar-refractivity contribution in [2.24, 2.45) is 11.1 Å². The summed E-state index contributed by atoms with van der Waals surface area (Å²) in [6, 6.07) is 8.28. The number of nitrogens with one attached hydrogen (secondary N) is 1. The summed E-state index contributed by atoms with van der Waals surface area (Å²) < 4.78 is 42.0.